The van der Waals surface area contributed by atoms with Crippen LogP contribution in [0.5, 0.6) is 0 Å². The van der Waals surface area contributed by atoms with Crippen molar-refractivity contribution in [3.63, 3.8) is 0 Å². The van der Waals surface area contributed by atoms with Crippen molar-refractivity contribution in [3.8, 4) is 11.4 Å². The smallest absolute Gasteiger partial charge is 0.161 e. The molecule has 0 aliphatic rings. The normalized spacial score (nSPS) is 10.5. The molecule has 1 heterocycles. The molecule has 2 rings (SSSR count). The van der Waals surface area contributed by atoms with Crippen LogP contribution in [0.2, 0.25) is 0 Å². The highest BCUT2D eigenvalue weighted by Crippen LogP contribution is 2.23. The Labute approximate surface area is 119 Å². The first-order valence-corrected chi connectivity index (χ1v) is 6.43. The van der Waals surface area contributed by atoms with Crippen molar-refractivity contribution in [1.82, 2.24) is 9.97 Å². The average Bonchev–Trinajstić information content (AvgIpc) is 2.37. The molecule has 0 amide bonds. The number of ether oxygens (including phenoxy) is 1. The fourth-order valence-electron chi connectivity index (χ4n) is 1.66. The van der Waals surface area contributed by atoms with E-state index < -0.39 is 0 Å². The van der Waals surface area contributed by atoms with Gasteiger partial charge in [-0.15, -0.1) is 0 Å². The summed E-state index contributed by atoms with van der Waals surface area (Å²) in [4.78, 5) is 8.68. The number of nitrogens with zero attached hydrogens (tertiary/aromatic N) is 2. The third-order valence-corrected chi connectivity index (χ3v) is 2.91. The van der Waals surface area contributed by atoms with E-state index in [9.17, 15) is 4.39 Å². The summed E-state index contributed by atoms with van der Waals surface area (Å²) >= 11 is 3.26. The van der Waals surface area contributed by atoms with Crippen LogP contribution in [-0.2, 0) is 11.3 Å². The molecule has 1 aromatic carbocycles. The molecule has 0 unspecified atom stereocenters. The van der Waals surface area contributed by atoms with Gasteiger partial charge < -0.3 is 10.1 Å². The van der Waals surface area contributed by atoms with E-state index in [4.69, 9.17) is 4.74 Å². The standard InChI is InChI=1S/C13H13BrFN3O/c1-16-12-6-11(7-19-2)17-13(18-12)8-3-9(14)5-10(15)4-8/h3-6H,7H2,1-2H3,(H,16,17,18). The molecule has 6 heteroatoms. The maximum atomic E-state index is 13.4. The number of nitrogens with one attached hydrogen (secondary N) is 1. The second-order valence-electron chi connectivity index (χ2n) is 3.91. The molecule has 1 N–H and O–H groups in total. The van der Waals surface area contributed by atoms with E-state index in [-0.39, 0.29) is 5.82 Å². The minimum Gasteiger partial charge on any atom is -0.378 e. The minimum absolute atomic E-state index is 0.337. The Balaban J connectivity index is 2.50. The molecule has 0 saturated carbocycles. The monoisotopic (exact) mass is 325 g/mol. The zero-order valence-corrected chi connectivity index (χ0v) is 12.2. The number of rotatable bonds is 4. The molecule has 0 aliphatic carbocycles. The van der Waals surface area contributed by atoms with Crippen LogP contribution in [0.25, 0.3) is 11.4 Å². The lowest BCUT2D eigenvalue weighted by molar-refractivity contribution is 0.181. The summed E-state index contributed by atoms with van der Waals surface area (Å²) in [7, 11) is 3.36. The summed E-state index contributed by atoms with van der Waals surface area (Å²) in [5.74, 6) is 0.785. The van der Waals surface area contributed by atoms with Crippen LogP contribution in [0.15, 0.2) is 28.7 Å². The Kier molecular flexibility index (Phi) is 4.44. The van der Waals surface area contributed by atoms with Crippen LogP contribution in [0.4, 0.5) is 10.2 Å². The van der Waals surface area contributed by atoms with Crippen LogP contribution in [-0.4, -0.2) is 24.1 Å². The van der Waals surface area contributed by atoms with Crippen LogP contribution in [0, 0.1) is 5.82 Å². The SMILES string of the molecule is CNc1cc(COC)nc(-c2cc(F)cc(Br)c2)n1. The molecule has 1 aromatic heterocycles. The fraction of sp³-hybridized carbons (Fsp3) is 0.231. The Morgan fingerprint density at radius 2 is 2.05 bits per heavy atom. The minimum atomic E-state index is -0.337. The third kappa shape index (κ3) is 3.48. The van der Waals surface area contributed by atoms with Gasteiger partial charge in [0.05, 0.1) is 12.3 Å². The predicted molar refractivity (Wildman–Crippen MR) is 75.4 cm³/mol. The van der Waals surface area contributed by atoms with E-state index in [2.05, 4.69) is 31.2 Å². The number of aromatic nitrogens is 2. The number of hydrogen-bond donors (Lipinski definition) is 1. The van der Waals surface area contributed by atoms with Gasteiger partial charge in [-0.05, 0) is 18.2 Å². The van der Waals surface area contributed by atoms with Crippen molar-refractivity contribution in [2.24, 2.45) is 0 Å². The molecule has 0 fully saturated rings. The van der Waals surface area contributed by atoms with E-state index >= 15 is 0 Å². The lowest BCUT2D eigenvalue weighted by Gasteiger charge is -2.08. The quantitative estimate of drug-likeness (QED) is 0.937. The van der Waals surface area contributed by atoms with Gasteiger partial charge in [0.15, 0.2) is 5.82 Å². The molecule has 0 bridgehead atoms. The van der Waals surface area contributed by atoms with Crippen LogP contribution < -0.4 is 5.32 Å². The lowest BCUT2D eigenvalue weighted by atomic mass is 10.2. The van der Waals surface area contributed by atoms with Gasteiger partial charge in [-0.3, -0.25) is 0 Å². The molecular weight excluding hydrogens is 313 g/mol. The first kappa shape index (κ1) is 13.9. The van der Waals surface area contributed by atoms with Crippen molar-refractivity contribution >= 4 is 21.7 Å². The van der Waals surface area contributed by atoms with Gasteiger partial charge in [-0.25, -0.2) is 14.4 Å². The van der Waals surface area contributed by atoms with Gasteiger partial charge >= 0.3 is 0 Å². The Bertz CT molecular complexity index is 572. The number of benzene rings is 1. The molecule has 0 atom stereocenters. The van der Waals surface area contributed by atoms with E-state index in [0.717, 1.165) is 5.69 Å². The largest absolute Gasteiger partial charge is 0.378 e. The molecule has 0 spiro atoms. The van der Waals surface area contributed by atoms with Crippen molar-refractivity contribution in [2.75, 3.05) is 19.5 Å². The molecule has 19 heavy (non-hydrogen) atoms. The topological polar surface area (TPSA) is 47.0 Å². The molecular formula is C13H13BrFN3O. The number of hydrogen-bond acceptors (Lipinski definition) is 4. The summed E-state index contributed by atoms with van der Waals surface area (Å²) < 4.78 is 19.1. The molecule has 0 saturated heterocycles. The molecule has 4 nitrogen and oxygen atoms in total. The van der Waals surface area contributed by atoms with Crippen LogP contribution in [0.1, 0.15) is 5.69 Å². The van der Waals surface area contributed by atoms with E-state index in [1.54, 1.807) is 26.3 Å². The van der Waals surface area contributed by atoms with Gasteiger partial charge in [-0.1, -0.05) is 15.9 Å². The fourth-order valence-corrected chi connectivity index (χ4v) is 2.12. The molecule has 2 aromatic rings. The lowest BCUT2D eigenvalue weighted by Crippen LogP contribution is -2.02. The zero-order valence-electron chi connectivity index (χ0n) is 10.6. The molecule has 0 radical (unpaired) electrons. The molecule has 100 valence electrons. The van der Waals surface area contributed by atoms with Crippen molar-refractivity contribution in [3.05, 3.63) is 40.2 Å². The summed E-state index contributed by atoms with van der Waals surface area (Å²) in [6, 6.07) is 6.35. The zero-order chi connectivity index (χ0) is 13.8. The van der Waals surface area contributed by atoms with Gasteiger partial charge in [0.25, 0.3) is 0 Å². The van der Waals surface area contributed by atoms with E-state index in [0.29, 0.717) is 28.3 Å². The summed E-state index contributed by atoms with van der Waals surface area (Å²) in [5, 5.41) is 2.95. The van der Waals surface area contributed by atoms with Crippen molar-refractivity contribution in [2.45, 2.75) is 6.61 Å². The van der Waals surface area contributed by atoms with Gasteiger partial charge in [-0.2, -0.15) is 0 Å². The maximum Gasteiger partial charge on any atom is 0.161 e. The summed E-state index contributed by atoms with van der Waals surface area (Å²) in [5.41, 5.74) is 1.35. The number of anilines is 1. The van der Waals surface area contributed by atoms with E-state index in [1.807, 2.05) is 0 Å². The van der Waals surface area contributed by atoms with Crippen molar-refractivity contribution < 1.29 is 9.13 Å². The second-order valence-corrected chi connectivity index (χ2v) is 4.82. The maximum absolute atomic E-state index is 13.4. The number of methoxy groups -OCH3 is 1. The van der Waals surface area contributed by atoms with Crippen LogP contribution in [0.3, 0.4) is 0 Å². The first-order valence-electron chi connectivity index (χ1n) is 5.63. The van der Waals surface area contributed by atoms with Crippen molar-refractivity contribution in [1.29, 1.82) is 0 Å². The summed E-state index contributed by atoms with van der Waals surface area (Å²) in [6.45, 7) is 0.376. The van der Waals surface area contributed by atoms with Gasteiger partial charge in [0.2, 0.25) is 0 Å². The van der Waals surface area contributed by atoms with E-state index in [1.165, 1.54) is 12.1 Å². The third-order valence-electron chi connectivity index (χ3n) is 2.45. The summed E-state index contributed by atoms with van der Waals surface area (Å²) in [6.07, 6.45) is 0. The second kappa shape index (κ2) is 6.08. The number of halogens is 2. The molecule has 0 aliphatic heterocycles. The highest BCUT2D eigenvalue weighted by atomic mass is 79.9. The highest BCUT2D eigenvalue weighted by molar-refractivity contribution is 9.10. The Morgan fingerprint density at radius 1 is 1.26 bits per heavy atom. The van der Waals surface area contributed by atoms with Crippen LogP contribution >= 0.6 is 15.9 Å². The first-order chi connectivity index (χ1) is 9.12. The predicted octanol–water partition coefficient (Wildman–Crippen LogP) is 3.23. The Hall–Kier alpha value is -1.53. The Morgan fingerprint density at radius 3 is 2.68 bits per heavy atom. The van der Waals surface area contributed by atoms with Gasteiger partial charge in [0, 0.05) is 30.3 Å². The van der Waals surface area contributed by atoms with Gasteiger partial charge in [0.1, 0.15) is 11.6 Å². The highest BCUT2D eigenvalue weighted by Gasteiger charge is 2.08. The average molecular weight is 326 g/mol.